The van der Waals surface area contributed by atoms with Crippen LogP contribution in [0.3, 0.4) is 0 Å². The first-order chi connectivity index (χ1) is 18.1. The first-order valence-corrected chi connectivity index (χ1v) is 13.7. The van der Waals surface area contributed by atoms with Gasteiger partial charge >= 0.3 is 23.9 Å². The van der Waals surface area contributed by atoms with Crippen LogP contribution in [0.4, 0.5) is 0 Å². The van der Waals surface area contributed by atoms with Crippen LogP contribution in [0.25, 0.3) is 0 Å². The summed E-state index contributed by atoms with van der Waals surface area (Å²) in [6.07, 6.45) is 4.56. The van der Waals surface area contributed by atoms with Gasteiger partial charge in [0.1, 0.15) is 12.1 Å². The van der Waals surface area contributed by atoms with Crippen molar-refractivity contribution in [2.24, 2.45) is 5.92 Å². The molecule has 1 N–H and O–H groups in total. The van der Waals surface area contributed by atoms with Gasteiger partial charge in [0.15, 0.2) is 11.5 Å². The van der Waals surface area contributed by atoms with Crippen molar-refractivity contribution in [1.82, 2.24) is 5.32 Å². The van der Waals surface area contributed by atoms with Crippen molar-refractivity contribution < 1.29 is 38.1 Å². The molecule has 1 aromatic rings. The first kappa shape index (κ1) is 33.1. The van der Waals surface area contributed by atoms with Crippen molar-refractivity contribution in [3.05, 3.63) is 23.8 Å². The van der Waals surface area contributed by atoms with Gasteiger partial charge in [0, 0.05) is 25.8 Å². The number of nitrogens with one attached hydrogen (secondary N) is 1. The Morgan fingerprint density at radius 3 is 2.03 bits per heavy atom. The van der Waals surface area contributed by atoms with Crippen LogP contribution in [-0.4, -0.2) is 49.7 Å². The predicted molar refractivity (Wildman–Crippen MR) is 144 cm³/mol. The fraction of sp³-hybridized carbons (Fsp3) is 0.655. The molecule has 1 aromatic carbocycles. The third-order valence-corrected chi connectivity index (χ3v) is 6.05. The fourth-order valence-corrected chi connectivity index (χ4v) is 3.50. The first-order valence-electron chi connectivity index (χ1n) is 13.7. The predicted octanol–water partition coefficient (Wildman–Crippen LogP) is 4.92. The average molecular weight is 536 g/mol. The van der Waals surface area contributed by atoms with Gasteiger partial charge < -0.3 is 24.3 Å². The second-order valence-electron chi connectivity index (χ2n) is 9.64. The van der Waals surface area contributed by atoms with Crippen LogP contribution in [0.1, 0.15) is 91.5 Å². The summed E-state index contributed by atoms with van der Waals surface area (Å²) in [6.45, 7) is 9.97. The van der Waals surface area contributed by atoms with E-state index in [1.54, 1.807) is 25.1 Å². The van der Waals surface area contributed by atoms with Crippen molar-refractivity contribution >= 4 is 23.9 Å². The summed E-state index contributed by atoms with van der Waals surface area (Å²) in [4.78, 5) is 49.1. The molecule has 0 fully saturated rings. The summed E-state index contributed by atoms with van der Waals surface area (Å²) in [5.41, 5.74) is 0.668. The number of carbonyl (C=O) groups is 4. The number of unbranched alkanes of at least 4 members (excludes halogenated alkanes) is 2. The summed E-state index contributed by atoms with van der Waals surface area (Å²) in [5.74, 6) is -1.07. The van der Waals surface area contributed by atoms with Gasteiger partial charge in [-0.15, -0.1) is 0 Å². The quantitative estimate of drug-likeness (QED) is 0.206. The highest BCUT2D eigenvalue weighted by atomic mass is 16.6. The highest BCUT2D eigenvalue weighted by Crippen LogP contribution is 2.30. The minimum Gasteiger partial charge on any atom is -0.468 e. The number of rotatable bonds is 18. The van der Waals surface area contributed by atoms with Crippen LogP contribution in [0.2, 0.25) is 0 Å². The summed E-state index contributed by atoms with van der Waals surface area (Å²) in [6, 6.07) is 4.13. The maximum absolute atomic E-state index is 12.5. The maximum Gasteiger partial charge on any atom is 0.323 e. The normalized spacial score (nSPS) is 13.2. The van der Waals surface area contributed by atoms with Crippen molar-refractivity contribution in [3.63, 3.8) is 0 Å². The molecule has 0 aliphatic heterocycles. The molecule has 0 bridgehead atoms. The molecule has 0 heterocycles. The summed E-state index contributed by atoms with van der Waals surface area (Å²) in [7, 11) is 1.30. The molecule has 1 rings (SSSR count). The Labute approximate surface area is 226 Å². The van der Waals surface area contributed by atoms with Crippen molar-refractivity contribution in [2.75, 3.05) is 13.7 Å². The second kappa shape index (κ2) is 18.3. The zero-order valence-electron chi connectivity index (χ0n) is 23.8. The Bertz CT molecular complexity index is 901. The van der Waals surface area contributed by atoms with E-state index in [-0.39, 0.29) is 49.2 Å². The van der Waals surface area contributed by atoms with Gasteiger partial charge in [-0.3, -0.25) is 19.2 Å². The lowest BCUT2D eigenvalue weighted by atomic mass is 10.0. The SMILES string of the molecule is CCCCC(=O)Oc1ccc(C[C@H](NCC(C)OC(=O)CC(C)CC)C(=O)OC)cc1OC(=O)CCCC. The van der Waals surface area contributed by atoms with Gasteiger partial charge in [-0.2, -0.15) is 0 Å². The largest absolute Gasteiger partial charge is 0.468 e. The molecule has 0 aliphatic rings. The molecule has 0 radical (unpaired) electrons. The Morgan fingerprint density at radius 2 is 1.47 bits per heavy atom. The van der Waals surface area contributed by atoms with Crippen molar-refractivity contribution in [3.8, 4) is 11.5 Å². The molecule has 3 atom stereocenters. The van der Waals surface area contributed by atoms with Gasteiger partial charge in [0.05, 0.1) is 7.11 Å². The maximum atomic E-state index is 12.5. The molecular formula is C29H45NO8. The lowest BCUT2D eigenvalue weighted by Crippen LogP contribution is -2.43. The zero-order valence-corrected chi connectivity index (χ0v) is 23.8. The molecule has 0 spiro atoms. The van der Waals surface area contributed by atoms with Gasteiger partial charge in [-0.1, -0.05) is 53.0 Å². The van der Waals surface area contributed by atoms with E-state index in [0.29, 0.717) is 24.8 Å². The Morgan fingerprint density at radius 1 is 0.868 bits per heavy atom. The minimum absolute atomic E-state index is 0.129. The molecule has 38 heavy (non-hydrogen) atoms. The van der Waals surface area contributed by atoms with Crippen molar-refractivity contribution in [2.45, 2.75) is 105 Å². The molecule has 0 saturated heterocycles. The lowest BCUT2D eigenvalue weighted by molar-refractivity contribution is -0.149. The highest BCUT2D eigenvalue weighted by Gasteiger charge is 2.23. The summed E-state index contributed by atoms with van der Waals surface area (Å²) in [5, 5.41) is 3.10. The Hall–Kier alpha value is -2.94. The van der Waals surface area contributed by atoms with E-state index < -0.39 is 30.1 Å². The third kappa shape index (κ3) is 13.0. The average Bonchev–Trinajstić information content (AvgIpc) is 2.89. The third-order valence-electron chi connectivity index (χ3n) is 6.05. The standard InChI is InChI=1S/C29H45NO8/c1-7-10-12-26(31)37-24-15-14-22(18-25(24)38-27(32)13-11-8-2)17-23(29(34)35-6)30-19-21(5)36-28(33)16-20(4)9-3/h14-15,18,20-21,23,30H,7-13,16-17,19H2,1-6H3/t20?,21?,23-/m0/s1. The van der Waals surface area contributed by atoms with Gasteiger partial charge in [-0.25, -0.2) is 0 Å². The molecule has 0 saturated carbocycles. The fourth-order valence-electron chi connectivity index (χ4n) is 3.50. The van der Waals surface area contributed by atoms with E-state index in [4.69, 9.17) is 18.9 Å². The highest BCUT2D eigenvalue weighted by molar-refractivity contribution is 5.77. The van der Waals surface area contributed by atoms with E-state index >= 15 is 0 Å². The van der Waals surface area contributed by atoms with Crippen LogP contribution < -0.4 is 14.8 Å². The van der Waals surface area contributed by atoms with Gasteiger partial charge in [0.2, 0.25) is 0 Å². The topological polar surface area (TPSA) is 117 Å². The van der Waals surface area contributed by atoms with E-state index in [0.717, 1.165) is 19.3 Å². The molecule has 2 unspecified atom stereocenters. The van der Waals surface area contributed by atoms with Crippen LogP contribution >= 0.6 is 0 Å². The minimum atomic E-state index is -0.739. The molecule has 214 valence electrons. The molecule has 9 heteroatoms. The smallest absolute Gasteiger partial charge is 0.323 e. The molecule has 9 nitrogen and oxygen atoms in total. The zero-order chi connectivity index (χ0) is 28.5. The second-order valence-corrected chi connectivity index (χ2v) is 9.64. The molecule has 0 aliphatic carbocycles. The monoisotopic (exact) mass is 535 g/mol. The Balaban J connectivity index is 2.98. The van der Waals surface area contributed by atoms with E-state index in [1.807, 2.05) is 27.7 Å². The Kier molecular flexibility index (Phi) is 16.0. The number of carbonyl (C=O) groups excluding carboxylic acids is 4. The number of hydrogen-bond donors (Lipinski definition) is 1. The van der Waals surface area contributed by atoms with Gasteiger partial charge in [0.25, 0.3) is 0 Å². The number of benzene rings is 1. The van der Waals surface area contributed by atoms with Crippen LogP contribution in [-0.2, 0) is 35.1 Å². The van der Waals surface area contributed by atoms with Crippen LogP contribution in [0.5, 0.6) is 11.5 Å². The molecule has 0 aromatic heterocycles. The van der Waals surface area contributed by atoms with Crippen molar-refractivity contribution in [1.29, 1.82) is 0 Å². The van der Waals surface area contributed by atoms with E-state index in [2.05, 4.69) is 5.32 Å². The van der Waals surface area contributed by atoms with Gasteiger partial charge in [-0.05, 0) is 49.8 Å². The number of ether oxygens (including phenoxy) is 4. The number of methoxy groups -OCH3 is 1. The van der Waals surface area contributed by atoms with E-state index in [9.17, 15) is 19.2 Å². The summed E-state index contributed by atoms with van der Waals surface area (Å²) < 4.78 is 21.4. The molecular weight excluding hydrogens is 490 g/mol. The van der Waals surface area contributed by atoms with Crippen LogP contribution in [0, 0.1) is 5.92 Å². The van der Waals surface area contributed by atoms with E-state index in [1.165, 1.54) is 7.11 Å². The number of hydrogen-bond acceptors (Lipinski definition) is 9. The lowest BCUT2D eigenvalue weighted by Gasteiger charge is -2.21. The van der Waals surface area contributed by atoms with Crippen LogP contribution in [0.15, 0.2) is 18.2 Å². The number of esters is 4. The molecule has 0 amide bonds. The summed E-state index contributed by atoms with van der Waals surface area (Å²) >= 11 is 0.